The number of carbonyl (C=O) groups excluding carboxylic acids is 1. The van der Waals surface area contributed by atoms with Crippen LogP contribution in [0.5, 0.6) is 0 Å². The molecule has 0 amide bonds. The number of benzene rings is 1. The van der Waals surface area contributed by atoms with Gasteiger partial charge in [0.15, 0.2) is 0 Å². The number of hydrogen-bond acceptors (Lipinski definition) is 5. The van der Waals surface area contributed by atoms with Crippen molar-refractivity contribution in [2.24, 2.45) is 4.99 Å². The minimum absolute atomic E-state index is 0.456. The molecule has 2 rings (SSSR count). The van der Waals surface area contributed by atoms with Gasteiger partial charge in [0.2, 0.25) is 6.08 Å². The second-order valence-corrected chi connectivity index (χ2v) is 5.04. The molecule has 0 bridgehead atoms. The molecule has 1 aromatic carbocycles. The summed E-state index contributed by atoms with van der Waals surface area (Å²) in [5.74, 6) is -0.879. The maximum Gasteiger partial charge on any atom is 0.320 e. The third-order valence-corrected chi connectivity index (χ3v) is 3.41. The number of carboxylic acids is 1. The van der Waals surface area contributed by atoms with E-state index in [2.05, 4.69) is 15.3 Å². The van der Waals surface area contributed by atoms with Crippen molar-refractivity contribution in [3.05, 3.63) is 59.9 Å². The molecule has 0 radical (unpaired) electrons. The number of pyridine rings is 1. The Morgan fingerprint density at radius 2 is 2.04 bits per heavy atom. The molecule has 0 aliphatic rings. The molecule has 0 aliphatic carbocycles. The van der Waals surface area contributed by atoms with E-state index >= 15 is 0 Å². The molecule has 0 aliphatic heterocycles. The fourth-order valence-corrected chi connectivity index (χ4v) is 2.16. The third-order valence-electron chi connectivity index (χ3n) is 3.41. The van der Waals surface area contributed by atoms with Crippen LogP contribution >= 0.6 is 0 Å². The van der Waals surface area contributed by atoms with Crippen molar-refractivity contribution in [2.45, 2.75) is 25.4 Å². The van der Waals surface area contributed by atoms with E-state index in [0.717, 1.165) is 11.1 Å². The van der Waals surface area contributed by atoms with Gasteiger partial charge in [-0.2, -0.15) is 4.99 Å². The number of nitrogens with one attached hydrogen (secondary N) is 1. The fraction of sp³-hybridized carbons (Fsp3) is 0.235. The van der Waals surface area contributed by atoms with Gasteiger partial charge in [-0.25, -0.2) is 4.79 Å². The SMILES string of the molecule is O=C=Nc1ccc(CCC(NCc2cccnc2)C(=O)O)cc1. The summed E-state index contributed by atoms with van der Waals surface area (Å²) < 4.78 is 0. The average molecular weight is 311 g/mol. The maximum atomic E-state index is 11.3. The monoisotopic (exact) mass is 311 g/mol. The highest BCUT2D eigenvalue weighted by molar-refractivity contribution is 5.73. The van der Waals surface area contributed by atoms with Gasteiger partial charge >= 0.3 is 5.97 Å². The van der Waals surface area contributed by atoms with Gasteiger partial charge in [0.1, 0.15) is 6.04 Å². The summed E-state index contributed by atoms with van der Waals surface area (Å²) >= 11 is 0. The lowest BCUT2D eigenvalue weighted by molar-refractivity contribution is -0.139. The van der Waals surface area contributed by atoms with E-state index in [1.54, 1.807) is 24.5 Å². The summed E-state index contributed by atoms with van der Waals surface area (Å²) in [6, 6.07) is 10.1. The van der Waals surface area contributed by atoms with E-state index in [1.807, 2.05) is 24.3 Å². The average Bonchev–Trinajstić information content (AvgIpc) is 2.57. The minimum atomic E-state index is -0.879. The van der Waals surface area contributed by atoms with Gasteiger partial charge in [-0.1, -0.05) is 18.2 Å². The number of isocyanates is 1. The number of aryl methyl sites for hydroxylation is 1. The van der Waals surface area contributed by atoms with Crippen LogP contribution < -0.4 is 5.32 Å². The van der Waals surface area contributed by atoms with Crippen molar-refractivity contribution in [3.8, 4) is 0 Å². The van der Waals surface area contributed by atoms with Crippen LogP contribution in [0, 0.1) is 0 Å². The van der Waals surface area contributed by atoms with E-state index in [0.29, 0.717) is 25.1 Å². The topological polar surface area (TPSA) is 91.7 Å². The molecule has 1 heterocycles. The zero-order valence-corrected chi connectivity index (χ0v) is 12.5. The van der Waals surface area contributed by atoms with E-state index in [-0.39, 0.29) is 0 Å². The van der Waals surface area contributed by atoms with Crippen molar-refractivity contribution in [1.29, 1.82) is 0 Å². The van der Waals surface area contributed by atoms with E-state index in [1.165, 1.54) is 6.08 Å². The molecule has 118 valence electrons. The van der Waals surface area contributed by atoms with Crippen molar-refractivity contribution >= 4 is 17.7 Å². The number of carboxylic acid groups (broad SMARTS) is 1. The first-order chi connectivity index (χ1) is 11.2. The van der Waals surface area contributed by atoms with Crippen LogP contribution in [-0.2, 0) is 22.6 Å². The molecule has 6 heteroatoms. The van der Waals surface area contributed by atoms with Crippen molar-refractivity contribution in [3.63, 3.8) is 0 Å². The van der Waals surface area contributed by atoms with Crippen LogP contribution in [-0.4, -0.2) is 28.2 Å². The molecule has 1 aromatic heterocycles. The standard InChI is InChI=1S/C17H17N3O3/c21-12-20-15-6-3-13(4-7-15)5-8-16(17(22)23)19-11-14-2-1-9-18-10-14/h1-4,6-7,9-10,16,19H,5,8,11H2,(H,22,23). The smallest absolute Gasteiger partial charge is 0.320 e. The van der Waals surface area contributed by atoms with Crippen LogP contribution in [0.25, 0.3) is 0 Å². The number of aliphatic imine (C=N–C) groups is 1. The Bertz CT molecular complexity index is 680. The number of carbonyl (C=O) groups is 1. The Balaban J connectivity index is 1.89. The molecule has 0 fully saturated rings. The summed E-state index contributed by atoms with van der Waals surface area (Å²) in [5, 5.41) is 12.3. The molecule has 23 heavy (non-hydrogen) atoms. The predicted octanol–water partition coefficient (Wildman–Crippen LogP) is 2.22. The van der Waals surface area contributed by atoms with Crippen LogP contribution in [0.1, 0.15) is 17.5 Å². The Hall–Kier alpha value is -2.82. The van der Waals surface area contributed by atoms with Crippen LogP contribution in [0.3, 0.4) is 0 Å². The molecule has 0 saturated heterocycles. The number of nitrogens with zero attached hydrogens (tertiary/aromatic N) is 2. The zero-order chi connectivity index (χ0) is 16.5. The second kappa shape index (κ2) is 8.58. The zero-order valence-electron chi connectivity index (χ0n) is 12.5. The number of rotatable bonds is 8. The lowest BCUT2D eigenvalue weighted by atomic mass is 10.0. The Labute approximate surface area is 133 Å². The van der Waals surface area contributed by atoms with Gasteiger partial charge in [0, 0.05) is 18.9 Å². The van der Waals surface area contributed by atoms with Gasteiger partial charge in [0.25, 0.3) is 0 Å². The van der Waals surface area contributed by atoms with Crippen molar-refractivity contribution in [1.82, 2.24) is 10.3 Å². The van der Waals surface area contributed by atoms with Gasteiger partial charge in [0.05, 0.1) is 5.69 Å². The highest BCUT2D eigenvalue weighted by atomic mass is 16.4. The predicted molar refractivity (Wildman–Crippen MR) is 85.0 cm³/mol. The highest BCUT2D eigenvalue weighted by Gasteiger charge is 2.16. The van der Waals surface area contributed by atoms with Crippen molar-refractivity contribution < 1.29 is 14.7 Å². The second-order valence-electron chi connectivity index (χ2n) is 5.04. The number of aromatic nitrogens is 1. The Morgan fingerprint density at radius 1 is 1.26 bits per heavy atom. The molecule has 2 aromatic rings. The summed E-state index contributed by atoms with van der Waals surface area (Å²) in [6.07, 6.45) is 5.94. The maximum absolute atomic E-state index is 11.3. The largest absolute Gasteiger partial charge is 0.480 e. The highest BCUT2D eigenvalue weighted by Crippen LogP contribution is 2.14. The first kappa shape index (κ1) is 16.5. The van der Waals surface area contributed by atoms with Gasteiger partial charge in [-0.15, -0.1) is 0 Å². The minimum Gasteiger partial charge on any atom is -0.480 e. The van der Waals surface area contributed by atoms with E-state index in [9.17, 15) is 14.7 Å². The molecule has 0 saturated carbocycles. The molecule has 1 unspecified atom stereocenters. The molecular formula is C17H17N3O3. The van der Waals surface area contributed by atoms with E-state index in [4.69, 9.17) is 0 Å². The Kier molecular flexibility index (Phi) is 6.17. The summed E-state index contributed by atoms with van der Waals surface area (Å²) in [7, 11) is 0. The molecule has 0 spiro atoms. The fourth-order valence-electron chi connectivity index (χ4n) is 2.16. The molecule has 1 atom stereocenters. The van der Waals surface area contributed by atoms with Crippen molar-refractivity contribution in [2.75, 3.05) is 0 Å². The third kappa shape index (κ3) is 5.47. The Morgan fingerprint density at radius 3 is 2.65 bits per heavy atom. The van der Waals surface area contributed by atoms with Crippen LogP contribution in [0.15, 0.2) is 53.8 Å². The van der Waals surface area contributed by atoms with Crippen LogP contribution in [0.2, 0.25) is 0 Å². The van der Waals surface area contributed by atoms with Gasteiger partial charge in [-0.3, -0.25) is 9.78 Å². The summed E-state index contributed by atoms with van der Waals surface area (Å²) in [5.41, 5.74) is 2.47. The first-order valence-electron chi connectivity index (χ1n) is 7.21. The van der Waals surface area contributed by atoms with Crippen LogP contribution in [0.4, 0.5) is 5.69 Å². The molecule has 6 nitrogen and oxygen atoms in total. The molecular weight excluding hydrogens is 294 g/mol. The summed E-state index contributed by atoms with van der Waals surface area (Å²) in [6.45, 7) is 0.456. The summed E-state index contributed by atoms with van der Waals surface area (Å²) in [4.78, 5) is 29.0. The number of aliphatic carboxylic acids is 1. The van der Waals surface area contributed by atoms with E-state index < -0.39 is 12.0 Å². The quantitative estimate of drug-likeness (QED) is 0.576. The lowest BCUT2D eigenvalue weighted by Gasteiger charge is -2.14. The normalized spacial score (nSPS) is 11.5. The van der Waals surface area contributed by atoms with Gasteiger partial charge < -0.3 is 10.4 Å². The molecule has 2 N–H and O–H groups in total. The first-order valence-corrected chi connectivity index (χ1v) is 7.21. The van der Waals surface area contributed by atoms with Gasteiger partial charge in [-0.05, 0) is 42.2 Å². The number of hydrogen-bond donors (Lipinski definition) is 2. The lowest BCUT2D eigenvalue weighted by Crippen LogP contribution is -2.36.